The summed E-state index contributed by atoms with van der Waals surface area (Å²) >= 11 is 0. The van der Waals surface area contributed by atoms with Gasteiger partial charge in [-0.05, 0) is 30.4 Å². The molecule has 5 nitrogen and oxygen atoms in total. The molecular formula is C16H17NO4. The van der Waals surface area contributed by atoms with E-state index in [-0.39, 0.29) is 17.7 Å². The van der Waals surface area contributed by atoms with Gasteiger partial charge in [0.2, 0.25) is 5.91 Å². The van der Waals surface area contributed by atoms with Crippen molar-refractivity contribution in [3.63, 3.8) is 0 Å². The van der Waals surface area contributed by atoms with Crippen LogP contribution in [0.3, 0.4) is 0 Å². The van der Waals surface area contributed by atoms with E-state index in [0.717, 1.165) is 6.42 Å². The van der Waals surface area contributed by atoms with Gasteiger partial charge in [-0.15, -0.1) is 0 Å². The Labute approximate surface area is 122 Å². The van der Waals surface area contributed by atoms with Gasteiger partial charge in [-0.3, -0.25) is 9.59 Å². The number of methoxy groups -OCH3 is 1. The minimum Gasteiger partial charge on any atom is -0.497 e. The van der Waals surface area contributed by atoms with Gasteiger partial charge in [0.25, 0.3) is 0 Å². The molecule has 0 aliphatic heterocycles. The standard InChI is InChI=1S/C16H17NO4/c1-21-12-4-2-3-11(8-12)17-15(18)13-9-5-6-10(7-9)14(13)16(19)20/h2-6,8-10,13-14H,7H2,1H3,(H,17,18)(H,19,20)/t9?,10?,13-,14+/m0/s1. The van der Waals surface area contributed by atoms with Crippen LogP contribution in [0, 0.1) is 23.7 Å². The minimum absolute atomic E-state index is 0.0199. The number of carboxylic acid groups (broad SMARTS) is 1. The number of amides is 1. The molecule has 4 atom stereocenters. The van der Waals surface area contributed by atoms with Crippen molar-refractivity contribution in [2.24, 2.45) is 23.7 Å². The summed E-state index contributed by atoms with van der Waals surface area (Å²) in [7, 11) is 1.56. The molecule has 1 aromatic carbocycles. The normalized spacial score (nSPS) is 29.4. The molecule has 2 unspecified atom stereocenters. The third-order valence-corrected chi connectivity index (χ3v) is 4.38. The molecule has 1 amide bonds. The van der Waals surface area contributed by atoms with Gasteiger partial charge in [-0.25, -0.2) is 0 Å². The average Bonchev–Trinajstić information content (AvgIpc) is 3.07. The van der Waals surface area contributed by atoms with Crippen LogP contribution in [0.25, 0.3) is 0 Å². The van der Waals surface area contributed by atoms with E-state index in [4.69, 9.17) is 4.74 Å². The second-order valence-electron chi connectivity index (χ2n) is 5.56. The summed E-state index contributed by atoms with van der Waals surface area (Å²) in [6.07, 6.45) is 4.66. The van der Waals surface area contributed by atoms with Gasteiger partial charge in [0, 0.05) is 11.8 Å². The fourth-order valence-electron chi connectivity index (χ4n) is 3.44. The van der Waals surface area contributed by atoms with Gasteiger partial charge < -0.3 is 15.2 Å². The first kappa shape index (κ1) is 13.7. The fraction of sp³-hybridized carbons (Fsp3) is 0.375. The molecule has 2 aliphatic rings. The molecule has 21 heavy (non-hydrogen) atoms. The molecule has 1 aromatic rings. The van der Waals surface area contributed by atoms with E-state index in [1.54, 1.807) is 31.4 Å². The number of fused-ring (bicyclic) bond motifs is 2. The zero-order valence-electron chi connectivity index (χ0n) is 11.7. The van der Waals surface area contributed by atoms with Gasteiger partial charge in [0.1, 0.15) is 5.75 Å². The number of rotatable bonds is 4. The highest BCUT2D eigenvalue weighted by molar-refractivity contribution is 5.96. The van der Waals surface area contributed by atoms with Crippen molar-refractivity contribution >= 4 is 17.6 Å². The molecule has 2 aliphatic carbocycles. The van der Waals surface area contributed by atoms with Crippen LogP contribution in [0.5, 0.6) is 5.75 Å². The van der Waals surface area contributed by atoms with E-state index in [0.29, 0.717) is 11.4 Å². The van der Waals surface area contributed by atoms with Crippen molar-refractivity contribution in [3.05, 3.63) is 36.4 Å². The smallest absolute Gasteiger partial charge is 0.307 e. The van der Waals surface area contributed by atoms with Gasteiger partial charge in [0.05, 0.1) is 18.9 Å². The first-order valence-electron chi connectivity index (χ1n) is 6.96. The topological polar surface area (TPSA) is 75.6 Å². The summed E-state index contributed by atoms with van der Waals surface area (Å²) < 4.78 is 5.11. The third kappa shape index (κ3) is 2.39. The Hall–Kier alpha value is -2.30. The molecule has 1 saturated carbocycles. The van der Waals surface area contributed by atoms with E-state index in [9.17, 15) is 14.7 Å². The molecule has 110 valence electrons. The monoisotopic (exact) mass is 287 g/mol. The number of carbonyl (C=O) groups is 2. The van der Waals surface area contributed by atoms with Crippen molar-refractivity contribution in [3.8, 4) is 5.75 Å². The van der Waals surface area contributed by atoms with Crippen molar-refractivity contribution in [2.75, 3.05) is 12.4 Å². The lowest BCUT2D eigenvalue weighted by Crippen LogP contribution is -2.36. The Bertz CT molecular complexity index is 610. The van der Waals surface area contributed by atoms with Crippen molar-refractivity contribution in [1.82, 2.24) is 0 Å². The highest BCUT2D eigenvalue weighted by atomic mass is 16.5. The second-order valence-corrected chi connectivity index (χ2v) is 5.56. The van der Waals surface area contributed by atoms with E-state index < -0.39 is 17.8 Å². The number of benzene rings is 1. The molecule has 0 spiro atoms. The number of hydrogen-bond acceptors (Lipinski definition) is 3. The minimum atomic E-state index is -0.891. The van der Waals surface area contributed by atoms with Crippen molar-refractivity contribution in [2.45, 2.75) is 6.42 Å². The van der Waals surface area contributed by atoms with Crippen LogP contribution in [0.15, 0.2) is 36.4 Å². The molecule has 0 aromatic heterocycles. The van der Waals surface area contributed by atoms with E-state index in [2.05, 4.69) is 5.32 Å². The Balaban J connectivity index is 1.78. The highest BCUT2D eigenvalue weighted by Crippen LogP contribution is 2.48. The Morgan fingerprint density at radius 2 is 1.95 bits per heavy atom. The number of carbonyl (C=O) groups excluding carboxylic acids is 1. The van der Waals surface area contributed by atoms with Crippen LogP contribution in [-0.2, 0) is 9.59 Å². The quantitative estimate of drug-likeness (QED) is 0.832. The van der Waals surface area contributed by atoms with Gasteiger partial charge >= 0.3 is 5.97 Å². The van der Waals surface area contributed by atoms with Crippen LogP contribution < -0.4 is 10.1 Å². The van der Waals surface area contributed by atoms with Crippen LogP contribution >= 0.6 is 0 Å². The molecular weight excluding hydrogens is 270 g/mol. The third-order valence-electron chi connectivity index (χ3n) is 4.38. The lowest BCUT2D eigenvalue weighted by molar-refractivity contribution is -0.146. The molecule has 0 saturated heterocycles. The summed E-state index contributed by atoms with van der Waals surface area (Å²) in [6.45, 7) is 0. The number of anilines is 1. The van der Waals surface area contributed by atoms with E-state index in [1.807, 2.05) is 12.2 Å². The maximum absolute atomic E-state index is 12.5. The number of nitrogens with one attached hydrogen (secondary N) is 1. The molecule has 0 heterocycles. The summed E-state index contributed by atoms with van der Waals surface area (Å²) in [6, 6.07) is 7.05. The van der Waals surface area contributed by atoms with E-state index >= 15 is 0 Å². The van der Waals surface area contributed by atoms with Crippen LogP contribution in [0.4, 0.5) is 5.69 Å². The molecule has 5 heteroatoms. The SMILES string of the molecule is COc1cccc(NC(=O)[C@H]2C3C=CC(C3)[C@H]2C(=O)O)c1. The molecule has 3 rings (SSSR count). The average molecular weight is 287 g/mol. The number of aliphatic carboxylic acids is 1. The zero-order chi connectivity index (χ0) is 15.0. The molecule has 2 N–H and O–H groups in total. The number of ether oxygens (including phenoxy) is 1. The van der Waals surface area contributed by atoms with Crippen molar-refractivity contribution in [1.29, 1.82) is 0 Å². The second kappa shape index (κ2) is 5.24. The van der Waals surface area contributed by atoms with Crippen LogP contribution in [0.1, 0.15) is 6.42 Å². The van der Waals surface area contributed by atoms with Gasteiger partial charge in [-0.1, -0.05) is 18.2 Å². The largest absolute Gasteiger partial charge is 0.497 e. The summed E-state index contributed by atoms with van der Waals surface area (Å²) in [5.41, 5.74) is 0.621. The summed E-state index contributed by atoms with van der Waals surface area (Å²) in [5.74, 6) is -1.58. The predicted molar refractivity (Wildman–Crippen MR) is 77.0 cm³/mol. The van der Waals surface area contributed by atoms with Crippen LogP contribution in [0.2, 0.25) is 0 Å². The maximum atomic E-state index is 12.5. The Morgan fingerprint density at radius 3 is 2.62 bits per heavy atom. The van der Waals surface area contributed by atoms with Crippen LogP contribution in [-0.4, -0.2) is 24.1 Å². The first-order valence-corrected chi connectivity index (χ1v) is 6.96. The summed E-state index contributed by atoms with van der Waals surface area (Å²) in [4.78, 5) is 23.9. The van der Waals surface area contributed by atoms with Gasteiger partial charge in [0.15, 0.2) is 0 Å². The highest BCUT2D eigenvalue weighted by Gasteiger charge is 2.51. The summed E-state index contributed by atoms with van der Waals surface area (Å²) in [5, 5.41) is 12.2. The lowest BCUT2D eigenvalue weighted by Gasteiger charge is -2.23. The van der Waals surface area contributed by atoms with E-state index in [1.165, 1.54) is 0 Å². The molecule has 1 fully saturated rings. The Morgan fingerprint density at radius 1 is 1.24 bits per heavy atom. The predicted octanol–water partition coefficient (Wildman–Crippen LogP) is 2.16. The zero-order valence-corrected chi connectivity index (χ0v) is 11.7. The number of carboxylic acids is 1. The molecule has 0 radical (unpaired) electrons. The molecule has 2 bridgehead atoms. The van der Waals surface area contributed by atoms with Crippen molar-refractivity contribution < 1.29 is 19.4 Å². The fourth-order valence-corrected chi connectivity index (χ4v) is 3.44. The maximum Gasteiger partial charge on any atom is 0.307 e. The first-order chi connectivity index (χ1) is 10.1. The van der Waals surface area contributed by atoms with Gasteiger partial charge in [-0.2, -0.15) is 0 Å². The lowest BCUT2D eigenvalue weighted by atomic mass is 9.82. The number of hydrogen-bond donors (Lipinski definition) is 2. The number of allylic oxidation sites excluding steroid dienone is 2. The Kier molecular flexibility index (Phi) is 3.41.